The summed E-state index contributed by atoms with van der Waals surface area (Å²) in [5, 5.41) is 8.13. The van der Waals surface area contributed by atoms with Crippen LogP contribution in [0.1, 0.15) is 31.4 Å². The zero-order chi connectivity index (χ0) is 21.1. The number of hydrogen-bond donors (Lipinski definition) is 2. The maximum absolute atomic E-state index is 12.9. The summed E-state index contributed by atoms with van der Waals surface area (Å²) in [5.74, 6) is 0.135. The van der Waals surface area contributed by atoms with Crippen LogP contribution in [-0.2, 0) is 24.9 Å². The number of amides is 1. The Morgan fingerprint density at radius 1 is 1.10 bits per heavy atom. The van der Waals surface area contributed by atoms with E-state index in [0.29, 0.717) is 0 Å². The zero-order valence-electron chi connectivity index (χ0n) is 18.1. The summed E-state index contributed by atoms with van der Waals surface area (Å²) in [7, 11) is 2.09. The summed E-state index contributed by atoms with van der Waals surface area (Å²) in [5.41, 5.74) is 3.80. The molecule has 1 saturated heterocycles. The number of nitrogens with zero attached hydrogens (tertiary/aromatic N) is 2. The van der Waals surface area contributed by atoms with Gasteiger partial charge in [0.15, 0.2) is 0 Å². The highest BCUT2D eigenvalue weighted by Gasteiger charge is 2.36. The monoisotopic (exact) mass is 404 g/mol. The topological polar surface area (TPSA) is 49.3 Å². The first kappa shape index (κ1) is 20.6. The number of benzene rings is 2. The van der Waals surface area contributed by atoms with Gasteiger partial charge >= 0.3 is 0 Å². The van der Waals surface area contributed by atoms with Crippen LogP contribution in [0.25, 0.3) is 10.9 Å². The second kappa shape index (κ2) is 9.02. The van der Waals surface area contributed by atoms with Crippen molar-refractivity contribution in [2.75, 3.05) is 6.54 Å². The van der Waals surface area contributed by atoms with Crippen LogP contribution >= 0.6 is 0 Å². The molecular weight excluding hydrogens is 372 g/mol. The summed E-state index contributed by atoms with van der Waals surface area (Å²) in [6.07, 6.45) is 3.04. The van der Waals surface area contributed by atoms with Gasteiger partial charge in [-0.15, -0.1) is 0 Å². The maximum Gasteiger partial charge on any atom is 0.237 e. The minimum atomic E-state index is -0.0994. The first-order chi connectivity index (χ1) is 14.5. The van der Waals surface area contributed by atoms with E-state index in [0.717, 1.165) is 26.1 Å². The van der Waals surface area contributed by atoms with Gasteiger partial charge in [0.25, 0.3) is 0 Å². The van der Waals surface area contributed by atoms with Crippen molar-refractivity contribution >= 4 is 16.8 Å². The number of nitrogens with one attached hydrogen (secondary N) is 2. The van der Waals surface area contributed by atoms with Crippen LogP contribution in [0.3, 0.4) is 0 Å². The van der Waals surface area contributed by atoms with Crippen LogP contribution < -0.4 is 10.6 Å². The molecule has 0 unspecified atom stereocenters. The molecule has 5 heteroatoms. The van der Waals surface area contributed by atoms with Gasteiger partial charge < -0.3 is 15.2 Å². The minimum Gasteiger partial charge on any atom is -0.353 e. The average molecular weight is 405 g/mol. The van der Waals surface area contributed by atoms with Gasteiger partial charge in [0.1, 0.15) is 0 Å². The highest BCUT2D eigenvalue weighted by molar-refractivity contribution is 5.84. The normalized spacial score (nSPS) is 19.6. The van der Waals surface area contributed by atoms with E-state index in [-0.39, 0.29) is 24.0 Å². The third-order valence-corrected chi connectivity index (χ3v) is 5.93. The van der Waals surface area contributed by atoms with Gasteiger partial charge in [0, 0.05) is 55.9 Å². The Bertz CT molecular complexity index is 995. The number of rotatable bonds is 7. The molecule has 1 aromatic heterocycles. The summed E-state index contributed by atoms with van der Waals surface area (Å²) in [6.45, 7) is 6.51. The molecule has 1 amide bonds. The molecule has 1 aliphatic rings. The van der Waals surface area contributed by atoms with Gasteiger partial charge in [-0.05, 0) is 37.5 Å². The van der Waals surface area contributed by atoms with E-state index in [2.05, 4.69) is 81.9 Å². The quantitative estimate of drug-likeness (QED) is 0.634. The lowest BCUT2D eigenvalue weighted by Crippen LogP contribution is -2.45. The largest absolute Gasteiger partial charge is 0.353 e. The molecule has 30 heavy (non-hydrogen) atoms. The second-order valence-corrected chi connectivity index (χ2v) is 8.69. The van der Waals surface area contributed by atoms with Gasteiger partial charge in [-0.2, -0.15) is 0 Å². The van der Waals surface area contributed by atoms with Crippen molar-refractivity contribution < 1.29 is 4.79 Å². The minimum absolute atomic E-state index is 0.0994. The first-order valence-electron chi connectivity index (χ1n) is 10.9. The fourth-order valence-corrected chi connectivity index (χ4v) is 4.52. The van der Waals surface area contributed by atoms with Gasteiger partial charge in [0.2, 0.25) is 5.91 Å². The van der Waals surface area contributed by atoms with E-state index in [4.69, 9.17) is 0 Å². The molecule has 1 fully saturated rings. The number of carbonyl (C=O) groups excluding carboxylic acids is 1. The molecule has 0 saturated carbocycles. The van der Waals surface area contributed by atoms with Crippen molar-refractivity contribution in [1.82, 2.24) is 20.1 Å². The van der Waals surface area contributed by atoms with Crippen molar-refractivity contribution in [2.45, 2.75) is 51.5 Å². The van der Waals surface area contributed by atoms with Crippen LogP contribution in [0, 0.1) is 0 Å². The molecule has 2 N–H and O–H groups in total. The smallest absolute Gasteiger partial charge is 0.237 e. The predicted octanol–water partition coefficient (Wildman–Crippen LogP) is 3.44. The Kier molecular flexibility index (Phi) is 6.21. The molecule has 2 heterocycles. The zero-order valence-corrected chi connectivity index (χ0v) is 18.1. The Balaban J connectivity index is 1.46. The molecule has 4 rings (SSSR count). The molecule has 3 aromatic rings. The van der Waals surface area contributed by atoms with Crippen LogP contribution in [0.2, 0.25) is 0 Å². The van der Waals surface area contributed by atoms with Crippen molar-refractivity contribution in [2.24, 2.45) is 7.05 Å². The molecular formula is C25H32N4O. The van der Waals surface area contributed by atoms with Gasteiger partial charge in [0.05, 0.1) is 6.04 Å². The number of hydrogen-bond acceptors (Lipinski definition) is 3. The van der Waals surface area contributed by atoms with E-state index in [1.54, 1.807) is 0 Å². The fourth-order valence-electron chi connectivity index (χ4n) is 4.52. The molecule has 1 aliphatic heterocycles. The van der Waals surface area contributed by atoms with Gasteiger partial charge in [-0.25, -0.2) is 0 Å². The third kappa shape index (κ3) is 4.58. The number of aryl methyl sites for hydroxylation is 1. The highest BCUT2D eigenvalue weighted by Crippen LogP contribution is 2.24. The molecule has 0 bridgehead atoms. The molecule has 5 nitrogen and oxygen atoms in total. The molecule has 0 spiro atoms. The Morgan fingerprint density at radius 2 is 1.83 bits per heavy atom. The number of likely N-dealkylation sites (tertiary alicyclic amines) is 1. The molecule has 0 radical (unpaired) electrons. The van der Waals surface area contributed by atoms with Gasteiger partial charge in [-0.3, -0.25) is 9.69 Å². The average Bonchev–Trinajstić information content (AvgIpc) is 3.28. The third-order valence-electron chi connectivity index (χ3n) is 5.93. The van der Waals surface area contributed by atoms with E-state index in [9.17, 15) is 4.79 Å². The van der Waals surface area contributed by atoms with E-state index in [1.807, 2.05) is 19.9 Å². The van der Waals surface area contributed by atoms with Crippen molar-refractivity contribution in [3.05, 3.63) is 71.9 Å². The SMILES string of the molecule is CC(C)NC(=O)[C@@H]1C[C@@H](NCc2cn(C)c3ccccc23)CN1Cc1ccccc1. The van der Waals surface area contributed by atoms with E-state index in [1.165, 1.54) is 22.0 Å². The van der Waals surface area contributed by atoms with Crippen molar-refractivity contribution in [1.29, 1.82) is 0 Å². The van der Waals surface area contributed by atoms with Crippen LogP contribution in [0.15, 0.2) is 60.8 Å². The number of para-hydroxylation sites is 1. The number of carbonyl (C=O) groups is 1. The summed E-state index contributed by atoms with van der Waals surface area (Å²) < 4.78 is 2.18. The highest BCUT2D eigenvalue weighted by atomic mass is 16.2. The Labute approximate surface area is 179 Å². The van der Waals surface area contributed by atoms with Crippen molar-refractivity contribution in [3.63, 3.8) is 0 Å². The van der Waals surface area contributed by atoms with Crippen LogP contribution in [0.4, 0.5) is 0 Å². The van der Waals surface area contributed by atoms with E-state index >= 15 is 0 Å². The lowest BCUT2D eigenvalue weighted by atomic mass is 10.1. The first-order valence-corrected chi connectivity index (χ1v) is 10.9. The lowest BCUT2D eigenvalue weighted by molar-refractivity contribution is -0.126. The maximum atomic E-state index is 12.9. The second-order valence-electron chi connectivity index (χ2n) is 8.69. The van der Waals surface area contributed by atoms with Crippen LogP contribution in [-0.4, -0.2) is 40.0 Å². The summed E-state index contributed by atoms with van der Waals surface area (Å²) in [6, 6.07) is 19.3. The van der Waals surface area contributed by atoms with Gasteiger partial charge in [-0.1, -0.05) is 48.5 Å². The summed E-state index contributed by atoms with van der Waals surface area (Å²) in [4.78, 5) is 15.2. The number of aromatic nitrogens is 1. The molecule has 158 valence electrons. The fraction of sp³-hybridized carbons (Fsp3) is 0.400. The predicted molar refractivity (Wildman–Crippen MR) is 122 cm³/mol. The van der Waals surface area contributed by atoms with Crippen molar-refractivity contribution in [3.8, 4) is 0 Å². The number of fused-ring (bicyclic) bond motifs is 1. The molecule has 0 aliphatic carbocycles. The van der Waals surface area contributed by atoms with E-state index < -0.39 is 0 Å². The molecule has 2 aromatic carbocycles. The Hall–Kier alpha value is -2.63. The Morgan fingerprint density at radius 3 is 2.60 bits per heavy atom. The molecule has 2 atom stereocenters. The lowest BCUT2D eigenvalue weighted by Gasteiger charge is -2.24. The van der Waals surface area contributed by atoms with Crippen LogP contribution in [0.5, 0.6) is 0 Å². The standard InChI is InChI=1S/C25H32N4O/c1-18(2)27-25(30)24-13-21(17-29(24)15-19-9-5-4-6-10-19)26-14-20-16-28(3)23-12-8-7-11-22(20)23/h4-12,16,18,21,24,26H,13-15,17H2,1-3H3,(H,27,30)/t21-,24+/m1/s1. The summed E-state index contributed by atoms with van der Waals surface area (Å²) >= 11 is 0.